The maximum Gasteiger partial charge on any atom is 0.326 e. The summed E-state index contributed by atoms with van der Waals surface area (Å²) in [6.45, 7) is 11.7. The fourth-order valence-electron chi connectivity index (χ4n) is 6.72. The van der Waals surface area contributed by atoms with Crippen LogP contribution in [0.15, 0.2) is 0 Å². The van der Waals surface area contributed by atoms with Crippen LogP contribution in [0.2, 0.25) is 0 Å². The number of hydrogen-bond donors (Lipinski definition) is 15. The van der Waals surface area contributed by atoms with Crippen molar-refractivity contribution in [1.29, 1.82) is 0 Å². The van der Waals surface area contributed by atoms with Crippen LogP contribution in [0.4, 0.5) is 0 Å². The standard InChI is InChI=1S/C44H79N11O15/c1-21(2)17-29(40(65)49-27(12-14-32(47)58)38(63)53-31(20-57)41(66)52-30(44(69)70)18-22(3)4)51-43(68)35(24(7)8)55-39(64)28(13-15-33(59)60)48-37(62)26(11-9-10-16-45)50-42(67)34(23(5)6)54-36(61)25(46)19-56/h21-31,34-35,56-57H,9-20,45-46H2,1-8H3,(H2,47,58)(H,48,62)(H,49,65)(H,50,67)(H,51,68)(H,52,66)(H,53,63)(H,54,61)(H,55,64)(H,59,60)(H,69,70)/t25-,26-,27-,28-,29-,30-,31-,34-,35-/m0/s1. The SMILES string of the molecule is CC(C)C[C@H](NC(=O)[C@H](CO)NC(=O)[C@H](CCC(N)=O)NC(=O)[C@H](CC(C)C)NC(=O)[C@@H](NC(=O)[C@H](CCC(=O)O)NC(=O)[C@H](CCCCN)NC(=O)[C@@H](NC(=O)[C@@H](N)CO)C(C)C)C(C)C)C(=O)O. The first kappa shape index (κ1) is 64.0. The topological polar surface area (TPSA) is 443 Å². The highest BCUT2D eigenvalue weighted by Crippen LogP contribution is 2.13. The van der Waals surface area contributed by atoms with E-state index in [4.69, 9.17) is 17.2 Å². The molecule has 9 atom stereocenters. The van der Waals surface area contributed by atoms with Gasteiger partial charge in [-0.2, -0.15) is 0 Å². The van der Waals surface area contributed by atoms with Crippen LogP contribution < -0.4 is 59.7 Å². The maximum absolute atomic E-state index is 14.0. The number of aliphatic hydroxyl groups is 2. The number of aliphatic hydroxyl groups excluding tert-OH is 2. The summed E-state index contributed by atoms with van der Waals surface area (Å²) in [6.07, 6.45) is -1.21. The molecule has 400 valence electrons. The quantitative estimate of drug-likeness (QED) is 0.0269. The van der Waals surface area contributed by atoms with Crippen molar-refractivity contribution >= 4 is 65.1 Å². The van der Waals surface area contributed by atoms with Crippen molar-refractivity contribution in [2.75, 3.05) is 19.8 Å². The molecule has 0 saturated heterocycles. The van der Waals surface area contributed by atoms with Crippen LogP contribution in [0.1, 0.15) is 113 Å². The molecule has 0 radical (unpaired) electrons. The van der Waals surface area contributed by atoms with Gasteiger partial charge in [0.1, 0.15) is 54.4 Å². The number of carboxylic acids is 2. The van der Waals surface area contributed by atoms with Crippen LogP contribution >= 0.6 is 0 Å². The Labute approximate surface area is 408 Å². The fourth-order valence-corrected chi connectivity index (χ4v) is 6.72. The predicted octanol–water partition coefficient (Wildman–Crippen LogP) is -4.08. The second kappa shape index (κ2) is 32.8. The summed E-state index contributed by atoms with van der Waals surface area (Å²) in [5, 5.41) is 57.8. The Morgan fingerprint density at radius 1 is 0.443 bits per heavy atom. The third kappa shape index (κ3) is 24.5. The molecule has 70 heavy (non-hydrogen) atoms. The Bertz CT molecular complexity index is 1780. The highest BCUT2D eigenvalue weighted by Gasteiger charge is 2.36. The predicted molar refractivity (Wildman–Crippen MR) is 252 cm³/mol. The molecule has 0 fully saturated rings. The van der Waals surface area contributed by atoms with Gasteiger partial charge < -0.3 is 80.2 Å². The number of nitrogens with two attached hydrogens (primary N) is 3. The number of hydrogen-bond acceptors (Lipinski definition) is 15. The molecule has 0 aromatic heterocycles. The molecule has 0 aliphatic carbocycles. The zero-order valence-corrected chi connectivity index (χ0v) is 41.5. The number of aliphatic carboxylic acids is 2. The summed E-state index contributed by atoms with van der Waals surface area (Å²) >= 11 is 0. The van der Waals surface area contributed by atoms with Crippen LogP contribution in [0.25, 0.3) is 0 Å². The van der Waals surface area contributed by atoms with E-state index in [0.29, 0.717) is 12.8 Å². The number of nitrogens with one attached hydrogen (secondary N) is 8. The molecule has 0 unspecified atom stereocenters. The van der Waals surface area contributed by atoms with Crippen LogP contribution in [-0.4, -0.2) is 160 Å². The van der Waals surface area contributed by atoms with Crippen molar-refractivity contribution in [2.45, 2.75) is 168 Å². The lowest BCUT2D eigenvalue weighted by Gasteiger charge is -2.29. The lowest BCUT2D eigenvalue weighted by atomic mass is 9.98. The Morgan fingerprint density at radius 2 is 0.814 bits per heavy atom. The lowest BCUT2D eigenvalue weighted by molar-refractivity contribution is -0.143. The van der Waals surface area contributed by atoms with Crippen LogP contribution in [0.3, 0.4) is 0 Å². The molecule has 0 heterocycles. The van der Waals surface area contributed by atoms with E-state index in [9.17, 15) is 73.2 Å². The molecule has 0 aromatic rings. The zero-order chi connectivity index (χ0) is 54.0. The molecule has 0 saturated carbocycles. The third-order valence-electron chi connectivity index (χ3n) is 10.7. The first-order valence-electron chi connectivity index (χ1n) is 23.4. The molecule has 0 bridgehead atoms. The van der Waals surface area contributed by atoms with Gasteiger partial charge in [-0.05, 0) is 75.2 Å². The first-order valence-corrected chi connectivity index (χ1v) is 23.4. The Hall–Kier alpha value is -5.99. The Kier molecular flexibility index (Phi) is 29.9. The lowest BCUT2D eigenvalue weighted by Crippen LogP contribution is -2.61. The normalized spacial score (nSPS) is 15.2. The van der Waals surface area contributed by atoms with Crippen molar-refractivity contribution in [2.24, 2.45) is 40.9 Å². The Morgan fingerprint density at radius 3 is 1.23 bits per heavy atom. The molecular weight excluding hydrogens is 923 g/mol. The minimum atomic E-state index is -1.68. The largest absolute Gasteiger partial charge is 0.481 e. The highest BCUT2D eigenvalue weighted by molar-refractivity contribution is 5.98. The molecule has 0 aliphatic heterocycles. The van der Waals surface area contributed by atoms with Gasteiger partial charge in [-0.1, -0.05) is 55.4 Å². The maximum atomic E-state index is 14.0. The van der Waals surface area contributed by atoms with E-state index in [1.54, 1.807) is 55.4 Å². The van der Waals surface area contributed by atoms with Gasteiger partial charge in [0.05, 0.1) is 13.2 Å². The first-order chi connectivity index (χ1) is 32.6. The van der Waals surface area contributed by atoms with E-state index in [-0.39, 0.29) is 37.6 Å². The summed E-state index contributed by atoms with van der Waals surface area (Å²) < 4.78 is 0. The number of amides is 9. The van der Waals surface area contributed by atoms with Gasteiger partial charge in [0.25, 0.3) is 0 Å². The molecule has 26 heteroatoms. The molecule has 26 nitrogen and oxygen atoms in total. The van der Waals surface area contributed by atoms with Crippen LogP contribution in [-0.2, 0) is 52.7 Å². The van der Waals surface area contributed by atoms with Crippen molar-refractivity contribution < 1.29 is 73.2 Å². The molecule has 0 spiro atoms. The average molecular weight is 1000 g/mol. The number of carboxylic acid groups (broad SMARTS) is 2. The van der Waals surface area contributed by atoms with Crippen LogP contribution in [0, 0.1) is 23.7 Å². The number of rotatable bonds is 35. The van der Waals surface area contributed by atoms with Gasteiger partial charge in [0, 0.05) is 12.8 Å². The number of carbonyl (C=O) groups excluding carboxylic acids is 9. The van der Waals surface area contributed by atoms with Crippen molar-refractivity contribution in [3.63, 3.8) is 0 Å². The van der Waals surface area contributed by atoms with E-state index < -0.39 is 170 Å². The summed E-state index contributed by atoms with van der Waals surface area (Å²) in [4.78, 5) is 143. The van der Waals surface area contributed by atoms with E-state index in [0.717, 1.165) is 0 Å². The van der Waals surface area contributed by atoms with Gasteiger partial charge in [-0.25, -0.2) is 4.79 Å². The molecule has 9 amide bonds. The smallest absolute Gasteiger partial charge is 0.326 e. The third-order valence-corrected chi connectivity index (χ3v) is 10.7. The van der Waals surface area contributed by atoms with E-state index in [1.165, 1.54) is 0 Å². The van der Waals surface area contributed by atoms with Crippen LogP contribution in [0.5, 0.6) is 0 Å². The zero-order valence-electron chi connectivity index (χ0n) is 41.5. The second-order valence-electron chi connectivity index (χ2n) is 18.6. The van der Waals surface area contributed by atoms with Gasteiger partial charge in [-0.15, -0.1) is 0 Å². The highest BCUT2D eigenvalue weighted by atomic mass is 16.4. The fraction of sp³-hybridized carbons (Fsp3) is 0.750. The molecular formula is C44H79N11O15. The van der Waals surface area contributed by atoms with E-state index >= 15 is 0 Å². The minimum Gasteiger partial charge on any atom is -0.481 e. The van der Waals surface area contributed by atoms with Gasteiger partial charge in [0.15, 0.2) is 0 Å². The Balaban J connectivity index is 6.61. The van der Waals surface area contributed by atoms with Gasteiger partial charge in [-0.3, -0.25) is 47.9 Å². The minimum absolute atomic E-state index is 0.00133. The molecule has 0 aromatic carbocycles. The van der Waals surface area contributed by atoms with Crippen molar-refractivity contribution in [3.05, 3.63) is 0 Å². The average Bonchev–Trinajstić information content (AvgIpc) is 3.26. The van der Waals surface area contributed by atoms with Gasteiger partial charge in [0.2, 0.25) is 53.2 Å². The van der Waals surface area contributed by atoms with E-state index in [1.807, 2.05) is 0 Å². The van der Waals surface area contributed by atoms with Crippen molar-refractivity contribution in [1.82, 2.24) is 42.5 Å². The summed E-state index contributed by atoms with van der Waals surface area (Å²) in [5.74, 6) is -12.7. The summed E-state index contributed by atoms with van der Waals surface area (Å²) in [7, 11) is 0. The van der Waals surface area contributed by atoms with Gasteiger partial charge >= 0.3 is 11.9 Å². The molecule has 0 aliphatic rings. The van der Waals surface area contributed by atoms with Crippen molar-refractivity contribution in [3.8, 4) is 0 Å². The second-order valence-corrected chi connectivity index (χ2v) is 18.6. The summed E-state index contributed by atoms with van der Waals surface area (Å²) in [6, 6.07) is -12.9. The number of unbranched alkanes of at least 4 members (excludes halogenated alkanes) is 1. The molecule has 18 N–H and O–H groups in total. The number of carbonyl (C=O) groups is 11. The summed E-state index contributed by atoms with van der Waals surface area (Å²) in [5.41, 5.74) is 16.6. The number of primary amides is 1. The van der Waals surface area contributed by atoms with E-state index in [2.05, 4.69) is 42.5 Å². The monoisotopic (exact) mass is 1000 g/mol. The molecule has 0 rings (SSSR count).